The average Bonchev–Trinajstić information content (AvgIpc) is 2.42. The number of sulfonamides is 1. The minimum Gasteiger partial charge on any atom is -0.398 e. The molecular formula is C14H22N2O4S. The molecular weight excluding hydrogens is 292 g/mol. The van der Waals surface area contributed by atoms with Crippen molar-refractivity contribution < 1.29 is 18.3 Å². The SMILES string of the molecule is Cc1ccc(N)c(C)c1S(=O)(=O)N1CC(C)OC(CO)C1. The second kappa shape index (κ2) is 5.92. The number of aliphatic hydroxyl groups is 1. The van der Waals surface area contributed by atoms with Crippen LogP contribution in [-0.4, -0.2) is 49.7 Å². The van der Waals surface area contributed by atoms with Crippen LogP contribution in [0, 0.1) is 13.8 Å². The second-order valence-corrected chi connectivity index (χ2v) is 7.37. The van der Waals surface area contributed by atoms with Crippen molar-refractivity contribution >= 4 is 15.7 Å². The molecule has 2 atom stereocenters. The molecule has 1 heterocycles. The van der Waals surface area contributed by atoms with Crippen molar-refractivity contribution in [3.8, 4) is 0 Å². The number of rotatable bonds is 3. The molecule has 21 heavy (non-hydrogen) atoms. The number of morpholine rings is 1. The third-order valence-electron chi connectivity index (χ3n) is 3.74. The molecule has 0 spiro atoms. The van der Waals surface area contributed by atoms with Crippen LogP contribution in [0.15, 0.2) is 17.0 Å². The van der Waals surface area contributed by atoms with Gasteiger partial charge in [0.25, 0.3) is 0 Å². The highest BCUT2D eigenvalue weighted by Gasteiger charge is 2.35. The molecule has 1 aromatic carbocycles. The zero-order valence-corrected chi connectivity index (χ0v) is 13.4. The summed E-state index contributed by atoms with van der Waals surface area (Å²) in [6.45, 7) is 5.48. The predicted molar refractivity (Wildman–Crippen MR) is 80.5 cm³/mol. The van der Waals surface area contributed by atoms with Crippen molar-refractivity contribution in [2.75, 3.05) is 25.4 Å². The average molecular weight is 314 g/mol. The number of nitrogens with zero attached hydrogens (tertiary/aromatic N) is 1. The maximum absolute atomic E-state index is 12.9. The Kier molecular flexibility index (Phi) is 4.57. The standard InChI is InChI=1S/C14H22N2O4S/c1-9-4-5-13(15)11(3)14(9)21(18,19)16-6-10(2)20-12(7-16)8-17/h4-5,10,12,17H,6-8,15H2,1-3H3. The highest BCUT2D eigenvalue weighted by Crippen LogP contribution is 2.29. The van der Waals surface area contributed by atoms with Gasteiger partial charge in [-0.25, -0.2) is 8.42 Å². The van der Waals surface area contributed by atoms with Gasteiger partial charge < -0.3 is 15.6 Å². The van der Waals surface area contributed by atoms with Crippen LogP contribution >= 0.6 is 0 Å². The van der Waals surface area contributed by atoms with Crippen LogP contribution in [-0.2, 0) is 14.8 Å². The number of anilines is 1. The topological polar surface area (TPSA) is 92.9 Å². The van der Waals surface area contributed by atoms with E-state index in [0.29, 0.717) is 16.8 Å². The lowest BCUT2D eigenvalue weighted by Gasteiger charge is -2.35. The first-order chi connectivity index (χ1) is 9.77. The van der Waals surface area contributed by atoms with Gasteiger partial charge in [-0.15, -0.1) is 0 Å². The molecule has 118 valence electrons. The van der Waals surface area contributed by atoms with E-state index in [4.69, 9.17) is 10.5 Å². The minimum atomic E-state index is -3.66. The van der Waals surface area contributed by atoms with Gasteiger partial charge in [-0.2, -0.15) is 4.31 Å². The van der Waals surface area contributed by atoms with E-state index in [1.54, 1.807) is 32.9 Å². The molecule has 1 saturated heterocycles. The summed E-state index contributed by atoms with van der Waals surface area (Å²) in [6, 6.07) is 3.42. The van der Waals surface area contributed by atoms with Crippen LogP contribution < -0.4 is 5.73 Å². The molecule has 0 amide bonds. The van der Waals surface area contributed by atoms with Crippen LogP contribution in [0.1, 0.15) is 18.1 Å². The predicted octanol–water partition coefficient (Wildman–Crippen LogP) is 0.656. The fraction of sp³-hybridized carbons (Fsp3) is 0.571. The maximum atomic E-state index is 12.9. The Morgan fingerprint density at radius 1 is 1.38 bits per heavy atom. The van der Waals surface area contributed by atoms with Gasteiger partial charge in [0.1, 0.15) is 0 Å². The minimum absolute atomic E-state index is 0.150. The van der Waals surface area contributed by atoms with E-state index in [2.05, 4.69) is 0 Å². The van der Waals surface area contributed by atoms with Gasteiger partial charge in [0.2, 0.25) is 10.0 Å². The van der Waals surface area contributed by atoms with Gasteiger partial charge in [0.15, 0.2) is 0 Å². The fourth-order valence-electron chi connectivity index (χ4n) is 2.67. The number of nitrogens with two attached hydrogens (primary N) is 1. The Hall–Kier alpha value is -1.15. The highest BCUT2D eigenvalue weighted by atomic mass is 32.2. The van der Waals surface area contributed by atoms with Crippen molar-refractivity contribution in [3.05, 3.63) is 23.3 Å². The first kappa shape index (κ1) is 16.2. The summed E-state index contributed by atoms with van der Waals surface area (Å²) in [5, 5.41) is 9.25. The number of nitrogen functional groups attached to an aromatic ring is 1. The van der Waals surface area contributed by atoms with E-state index in [9.17, 15) is 13.5 Å². The number of hydrogen-bond acceptors (Lipinski definition) is 5. The van der Waals surface area contributed by atoms with E-state index in [0.717, 1.165) is 0 Å². The number of hydrogen-bond donors (Lipinski definition) is 2. The first-order valence-electron chi connectivity index (χ1n) is 6.89. The molecule has 0 aromatic heterocycles. The highest BCUT2D eigenvalue weighted by molar-refractivity contribution is 7.89. The van der Waals surface area contributed by atoms with E-state index < -0.39 is 16.1 Å². The quantitative estimate of drug-likeness (QED) is 0.799. The van der Waals surface area contributed by atoms with Crippen molar-refractivity contribution in [2.24, 2.45) is 0 Å². The summed E-state index contributed by atoms with van der Waals surface area (Å²) in [5.74, 6) is 0. The molecule has 2 unspecified atom stereocenters. The monoisotopic (exact) mass is 314 g/mol. The van der Waals surface area contributed by atoms with Crippen LogP contribution in [0.2, 0.25) is 0 Å². The lowest BCUT2D eigenvalue weighted by molar-refractivity contribution is -0.0750. The Balaban J connectivity index is 2.45. The van der Waals surface area contributed by atoms with Crippen molar-refractivity contribution in [3.63, 3.8) is 0 Å². The van der Waals surface area contributed by atoms with Gasteiger partial charge in [0, 0.05) is 18.8 Å². The molecule has 0 radical (unpaired) electrons. The van der Waals surface area contributed by atoms with E-state index in [-0.39, 0.29) is 30.7 Å². The molecule has 3 N–H and O–H groups in total. The van der Waals surface area contributed by atoms with E-state index in [1.165, 1.54) is 4.31 Å². The lowest BCUT2D eigenvalue weighted by atomic mass is 10.1. The number of aryl methyl sites for hydroxylation is 1. The summed E-state index contributed by atoms with van der Waals surface area (Å²) in [5.41, 5.74) is 7.54. The first-order valence-corrected chi connectivity index (χ1v) is 8.33. The molecule has 0 saturated carbocycles. The Morgan fingerprint density at radius 3 is 2.67 bits per heavy atom. The summed E-state index contributed by atoms with van der Waals surface area (Å²) < 4.78 is 32.7. The second-order valence-electron chi connectivity index (χ2n) is 5.50. The Bertz CT molecular complexity index is 630. The normalized spacial score (nSPS) is 24.2. The fourth-order valence-corrected chi connectivity index (χ4v) is 4.67. The number of benzene rings is 1. The van der Waals surface area contributed by atoms with Crippen LogP contribution in [0.3, 0.4) is 0 Å². The Morgan fingerprint density at radius 2 is 2.05 bits per heavy atom. The molecule has 0 bridgehead atoms. The number of aliphatic hydroxyl groups excluding tert-OH is 1. The van der Waals surface area contributed by atoms with Crippen LogP contribution in [0.4, 0.5) is 5.69 Å². The Labute approximate surface area is 125 Å². The van der Waals surface area contributed by atoms with Crippen molar-refractivity contribution in [1.29, 1.82) is 0 Å². The largest absolute Gasteiger partial charge is 0.398 e. The third-order valence-corrected chi connectivity index (χ3v) is 5.86. The summed E-state index contributed by atoms with van der Waals surface area (Å²) in [7, 11) is -3.66. The molecule has 1 aliphatic rings. The van der Waals surface area contributed by atoms with E-state index in [1.807, 2.05) is 0 Å². The van der Waals surface area contributed by atoms with Crippen molar-refractivity contribution in [1.82, 2.24) is 4.31 Å². The van der Waals surface area contributed by atoms with E-state index >= 15 is 0 Å². The van der Waals surface area contributed by atoms with Gasteiger partial charge in [-0.3, -0.25) is 0 Å². The lowest BCUT2D eigenvalue weighted by Crippen LogP contribution is -2.50. The molecule has 7 heteroatoms. The molecule has 1 aliphatic heterocycles. The zero-order chi connectivity index (χ0) is 15.8. The smallest absolute Gasteiger partial charge is 0.243 e. The molecule has 2 rings (SSSR count). The number of ether oxygens (including phenoxy) is 1. The van der Waals surface area contributed by atoms with Gasteiger partial charge in [-0.05, 0) is 38.0 Å². The molecule has 0 aliphatic carbocycles. The maximum Gasteiger partial charge on any atom is 0.243 e. The van der Waals surface area contributed by atoms with Crippen LogP contribution in [0.5, 0.6) is 0 Å². The summed E-state index contributed by atoms with van der Waals surface area (Å²) >= 11 is 0. The molecule has 6 nitrogen and oxygen atoms in total. The zero-order valence-electron chi connectivity index (χ0n) is 12.5. The molecule has 1 fully saturated rings. The summed E-state index contributed by atoms with van der Waals surface area (Å²) in [6.07, 6.45) is -0.752. The van der Waals surface area contributed by atoms with Gasteiger partial charge in [0.05, 0.1) is 23.7 Å². The van der Waals surface area contributed by atoms with Crippen molar-refractivity contribution in [2.45, 2.75) is 37.9 Å². The third kappa shape index (κ3) is 3.06. The van der Waals surface area contributed by atoms with Gasteiger partial charge >= 0.3 is 0 Å². The van der Waals surface area contributed by atoms with Gasteiger partial charge in [-0.1, -0.05) is 6.07 Å². The van der Waals surface area contributed by atoms with Crippen LogP contribution in [0.25, 0.3) is 0 Å². The summed E-state index contributed by atoms with van der Waals surface area (Å²) in [4.78, 5) is 0.258. The molecule has 1 aromatic rings.